The van der Waals surface area contributed by atoms with Gasteiger partial charge in [-0.1, -0.05) is 88.9 Å². The van der Waals surface area contributed by atoms with Gasteiger partial charge >= 0.3 is 12.1 Å². The van der Waals surface area contributed by atoms with Gasteiger partial charge in [-0.3, -0.25) is 14.4 Å². The molecule has 0 aliphatic carbocycles. The summed E-state index contributed by atoms with van der Waals surface area (Å²) in [5, 5.41) is 2.91. The maximum Gasteiger partial charge on any atom is 0.471 e. The first-order valence-electron chi connectivity index (χ1n) is 12.4. The molecule has 1 fully saturated rings. The van der Waals surface area contributed by atoms with Crippen LogP contribution in [0.1, 0.15) is 16.7 Å². The number of carbonyl (C=O) groups is 3. The summed E-state index contributed by atoms with van der Waals surface area (Å²) < 4.78 is 39.6. The average molecular weight is 656 g/mol. The summed E-state index contributed by atoms with van der Waals surface area (Å²) in [7, 11) is 0. The van der Waals surface area contributed by atoms with Crippen LogP contribution in [0, 0.1) is 0 Å². The molecule has 1 unspecified atom stereocenters. The van der Waals surface area contributed by atoms with E-state index in [1.807, 2.05) is 5.32 Å². The Kier molecular flexibility index (Phi) is 10.0. The fourth-order valence-corrected chi connectivity index (χ4v) is 4.93. The van der Waals surface area contributed by atoms with Crippen molar-refractivity contribution in [2.45, 2.75) is 18.6 Å². The van der Waals surface area contributed by atoms with Gasteiger partial charge in [0.2, 0.25) is 5.91 Å². The lowest BCUT2D eigenvalue weighted by Gasteiger charge is -2.33. The van der Waals surface area contributed by atoms with Crippen molar-refractivity contribution in [1.29, 1.82) is 0 Å². The molecule has 218 valence electrons. The number of ketones is 1. The summed E-state index contributed by atoms with van der Waals surface area (Å²) in [5.41, 5.74) is 1.90. The van der Waals surface area contributed by atoms with Crippen LogP contribution in [0.15, 0.2) is 77.9 Å². The molecule has 3 aromatic carbocycles. The van der Waals surface area contributed by atoms with Crippen molar-refractivity contribution in [3.05, 3.63) is 115 Å². The lowest BCUT2D eigenvalue weighted by Crippen LogP contribution is -2.54. The summed E-state index contributed by atoms with van der Waals surface area (Å²) in [5.74, 6) is -3.44. The second kappa shape index (κ2) is 13.3. The third-order valence-electron chi connectivity index (χ3n) is 6.33. The van der Waals surface area contributed by atoms with Gasteiger partial charge in [0.25, 0.3) is 0 Å². The Morgan fingerprint density at radius 2 is 1.31 bits per heavy atom. The number of rotatable bonds is 6. The molecule has 0 bridgehead atoms. The highest BCUT2D eigenvalue weighted by Gasteiger charge is 2.42. The Hall–Kier alpha value is -3.30. The van der Waals surface area contributed by atoms with Gasteiger partial charge in [0.1, 0.15) is 6.04 Å². The Morgan fingerprint density at radius 3 is 1.76 bits per heavy atom. The van der Waals surface area contributed by atoms with Gasteiger partial charge in [0.05, 0.1) is 20.1 Å². The highest BCUT2D eigenvalue weighted by Crippen LogP contribution is 2.29. The number of piperidine rings is 1. The maximum absolute atomic E-state index is 13.8. The lowest BCUT2D eigenvalue weighted by molar-refractivity contribution is -0.175. The molecule has 12 heteroatoms. The minimum atomic E-state index is -5.20. The molecule has 1 atom stereocenters. The number of amides is 2. The number of carbonyl (C=O) groups excluding carboxylic acids is 3. The van der Waals surface area contributed by atoms with E-state index >= 15 is 0 Å². The fraction of sp³-hybridized carbons (Fsp3) is 0.167. The highest BCUT2D eigenvalue weighted by molar-refractivity contribution is 6.42. The lowest BCUT2D eigenvalue weighted by atomic mass is 9.93. The second-order valence-corrected chi connectivity index (χ2v) is 11.1. The zero-order chi connectivity index (χ0) is 30.6. The van der Waals surface area contributed by atoms with Gasteiger partial charge in [0.15, 0.2) is 5.78 Å². The van der Waals surface area contributed by atoms with Gasteiger partial charge in [-0.25, -0.2) is 0 Å². The van der Waals surface area contributed by atoms with Crippen LogP contribution in [0.25, 0.3) is 12.2 Å². The molecule has 1 aliphatic heterocycles. The van der Waals surface area contributed by atoms with Crippen LogP contribution in [0.3, 0.4) is 0 Å². The number of hydrogen-bond acceptors (Lipinski definition) is 3. The number of halogens is 7. The molecule has 2 amide bonds. The zero-order valence-corrected chi connectivity index (χ0v) is 24.5. The molecule has 1 aliphatic rings. The highest BCUT2D eigenvalue weighted by atomic mass is 35.5. The molecular formula is C30H21Cl4F3N2O3. The molecule has 0 aromatic heterocycles. The molecular weight excluding hydrogens is 635 g/mol. The smallest absolute Gasteiger partial charge is 0.336 e. The predicted molar refractivity (Wildman–Crippen MR) is 159 cm³/mol. The SMILES string of the molecule is O=C1C(=Cc2ccc(Cl)c(Cl)c2)CN(C(=O)C(Cc2ccccc2)NC(=O)C(F)(F)F)CC1=Cc1ccc(Cl)c(Cl)c1. The minimum absolute atomic E-state index is 0.167. The second-order valence-electron chi connectivity index (χ2n) is 9.42. The summed E-state index contributed by atoms with van der Waals surface area (Å²) in [6.45, 7) is -0.465. The van der Waals surface area contributed by atoms with Crippen LogP contribution in [0.2, 0.25) is 20.1 Å². The first-order chi connectivity index (χ1) is 19.8. The van der Waals surface area contributed by atoms with Crippen LogP contribution in [0.5, 0.6) is 0 Å². The van der Waals surface area contributed by atoms with Crippen molar-refractivity contribution in [2.24, 2.45) is 0 Å². The molecule has 3 aromatic rings. The van der Waals surface area contributed by atoms with E-state index < -0.39 is 29.8 Å². The summed E-state index contributed by atoms with van der Waals surface area (Å²) >= 11 is 24.3. The van der Waals surface area contributed by atoms with Gasteiger partial charge in [0, 0.05) is 30.7 Å². The topological polar surface area (TPSA) is 66.5 Å². The Bertz CT molecular complexity index is 1520. The van der Waals surface area contributed by atoms with E-state index in [1.54, 1.807) is 54.6 Å². The third-order valence-corrected chi connectivity index (χ3v) is 7.81. The minimum Gasteiger partial charge on any atom is -0.336 e. The molecule has 1 heterocycles. The zero-order valence-electron chi connectivity index (χ0n) is 21.5. The van der Waals surface area contributed by atoms with E-state index in [4.69, 9.17) is 46.4 Å². The van der Waals surface area contributed by atoms with Crippen LogP contribution in [-0.2, 0) is 20.8 Å². The van der Waals surface area contributed by atoms with Crippen molar-refractivity contribution in [2.75, 3.05) is 13.1 Å². The number of Topliss-reactive ketones (excluding diaryl/α,β-unsaturated/α-hetero) is 1. The Morgan fingerprint density at radius 1 is 0.810 bits per heavy atom. The first-order valence-corrected chi connectivity index (χ1v) is 13.9. The van der Waals surface area contributed by atoms with Crippen molar-refractivity contribution in [3.8, 4) is 0 Å². The summed E-state index contributed by atoms with van der Waals surface area (Å²) in [4.78, 5) is 40.5. The Balaban J connectivity index is 1.74. The average Bonchev–Trinajstić information content (AvgIpc) is 2.94. The number of alkyl halides is 3. The molecule has 1 N–H and O–H groups in total. The number of likely N-dealkylation sites (tertiary alicyclic amines) is 1. The van der Waals surface area contributed by atoms with Gasteiger partial charge < -0.3 is 10.2 Å². The van der Waals surface area contributed by atoms with E-state index in [0.29, 0.717) is 26.7 Å². The van der Waals surface area contributed by atoms with Gasteiger partial charge in [-0.05, 0) is 53.1 Å². The van der Waals surface area contributed by atoms with Crippen LogP contribution in [0.4, 0.5) is 13.2 Å². The normalized spacial score (nSPS) is 16.5. The van der Waals surface area contributed by atoms with E-state index in [2.05, 4.69) is 0 Å². The molecule has 4 rings (SSSR count). The van der Waals surface area contributed by atoms with Gasteiger partial charge in [-0.2, -0.15) is 13.2 Å². The summed E-state index contributed by atoms with van der Waals surface area (Å²) in [6.07, 6.45) is -2.37. The maximum atomic E-state index is 13.8. The first kappa shape index (κ1) is 31.6. The van der Waals surface area contributed by atoms with E-state index in [9.17, 15) is 27.6 Å². The Labute approximate surface area is 259 Å². The monoisotopic (exact) mass is 654 g/mol. The van der Waals surface area contributed by atoms with Crippen LogP contribution >= 0.6 is 46.4 Å². The standard InChI is InChI=1S/C30H21Cl4F3N2O3/c31-22-8-6-18(12-24(22)33)10-20-15-39(16-21(27(20)40)11-19-7-9-23(32)25(34)13-19)28(41)26(38-29(42)30(35,36)37)14-17-4-2-1-3-5-17/h1-13,26H,14-16H2,(H,38,42). The number of nitrogens with one attached hydrogen (secondary N) is 1. The molecule has 42 heavy (non-hydrogen) atoms. The van der Waals surface area contributed by atoms with Gasteiger partial charge in [-0.15, -0.1) is 0 Å². The molecule has 0 radical (unpaired) electrons. The number of benzene rings is 3. The van der Waals surface area contributed by atoms with E-state index in [1.165, 1.54) is 29.2 Å². The number of nitrogens with zero attached hydrogens (tertiary/aromatic N) is 1. The predicted octanol–water partition coefficient (Wildman–Crippen LogP) is 7.47. The van der Waals surface area contributed by atoms with Crippen molar-refractivity contribution >= 4 is 76.2 Å². The van der Waals surface area contributed by atoms with E-state index in [0.717, 1.165) is 0 Å². The fourth-order valence-electron chi connectivity index (χ4n) is 4.31. The number of hydrogen-bond donors (Lipinski definition) is 1. The quantitative estimate of drug-likeness (QED) is 0.280. The van der Waals surface area contributed by atoms with Crippen LogP contribution < -0.4 is 5.32 Å². The summed E-state index contributed by atoms with van der Waals surface area (Å²) in [6, 6.07) is 16.1. The van der Waals surface area contributed by atoms with Crippen molar-refractivity contribution in [3.63, 3.8) is 0 Å². The largest absolute Gasteiger partial charge is 0.471 e. The van der Waals surface area contributed by atoms with Crippen molar-refractivity contribution in [1.82, 2.24) is 10.2 Å². The molecule has 5 nitrogen and oxygen atoms in total. The van der Waals surface area contributed by atoms with Crippen molar-refractivity contribution < 1.29 is 27.6 Å². The molecule has 0 saturated carbocycles. The van der Waals surface area contributed by atoms with Crippen LogP contribution in [-0.4, -0.2) is 47.8 Å². The molecule has 1 saturated heterocycles. The molecule has 0 spiro atoms. The van der Waals surface area contributed by atoms with E-state index in [-0.39, 0.29) is 40.7 Å². The third kappa shape index (κ3) is 7.95.